The molecule has 0 heterocycles. The topological polar surface area (TPSA) is 40.5 Å². The Morgan fingerprint density at radius 2 is 1.82 bits per heavy atom. The molecule has 0 bridgehead atoms. The van der Waals surface area contributed by atoms with Crippen LogP contribution in [0.1, 0.15) is 17.5 Å². The van der Waals surface area contributed by atoms with Crippen LogP contribution in [0, 0.1) is 11.6 Å². The number of nitrogens with zero attached hydrogens (tertiary/aromatic N) is 1. The summed E-state index contributed by atoms with van der Waals surface area (Å²) in [6.07, 6.45) is 0.377. The van der Waals surface area contributed by atoms with Gasteiger partial charge in [-0.2, -0.15) is 0 Å². The maximum absolute atomic E-state index is 13.5. The standard InChI is InChI=1S/C17H17F2NO2/c1-20(11-12-2-7-15(21)8-3-12)17(22)9-5-13-4-6-14(18)10-16(13)19/h2-4,6-8,10,21H,5,9,11H2,1H3. The van der Waals surface area contributed by atoms with Crippen LogP contribution in [0.2, 0.25) is 0 Å². The third kappa shape index (κ3) is 4.28. The Morgan fingerprint density at radius 1 is 1.14 bits per heavy atom. The van der Waals surface area contributed by atoms with Crippen LogP contribution in [0.25, 0.3) is 0 Å². The predicted molar refractivity (Wildman–Crippen MR) is 79.3 cm³/mol. The molecule has 0 saturated heterocycles. The first-order valence-corrected chi connectivity index (χ1v) is 6.91. The van der Waals surface area contributed by atoms with Gasteiger partial charge in [0.25, 0.3) is 0 Å². The van der Waals surface area contributed by atoms with E-state index in [9.17, 15) is 18.7 Å². The quantitative estimate of drug-likeness (QED) is 0.921. The van der Waals surface area contributed by atoms with E-state index in [-0.39, 0.29) is 24.5 Å². The van der Waals surface area contributed by atoms with Crippen LogP contribution in [-0.4, -0.2) is 23.0 Å². The molecule has 5 heteroatoms. The molecule has 0 fully saturated rings. The zero-order valence-corrected chi connectivity index (χ0v) is 12.2. The van der Waals surface area contributed by atoms with E-state index in [2.05, 4.69) is 0 Å². The lowest BCUT2D eigenvalue weighted by Gasteiger charge is -2.17. The first kappa shape index (κ1) is 15.9. The summed E-state index contributed by atoms with van der Waals surface area (Å²) in [7, 11) is 1.66. The molecule has 0 aliphatic heterocycles. The molecule has 3 nitrogen and oxygen atoms in total. The lowest BCUT2D eigenvalue weighted by Crippen LogP contribution is -2.26. The molecule has 0 radical (unpaired) electrons. The van der Waals surface area contributed by atoms with Crippen LogP contribution in [-0.2, 0) is 17.8 Å². The fraction of sp³-hybridized carbons (Fsp3) is 0.235. The van der Waals surface area contributed by atoms with Crippen LogP contribution in [0.5, 0.6) is 5.75 Å². The fourth-order valence-corrected chi connectivity index (χ4v) is 2.12. The van der Waals surface area contributed by atoms with Crippen LogP contribution >= 0.6 is 0 Å². The van der Waals surface area contributed by atoms with Crippen LogP contribution in [0.4, 0.5) is 8.78 Å². The highest BCUT2D eigenvalue weighted by molar-refractivity contribution is 5.76. The molecule has 0 aromatic heterocycles. The summed E-state index contributed by atoms with van der Waals surface area (Å²) in [5.41, 5.74) is 1.22. The summed E-state index contributed by atoms with van der Waals surface area (Å²) in [5, 5.41) is 9.21. The van der Waals surface area contributed by atoms with Crippen molar-refractivity contribution in [2.24, 2.45) is 0 Å². The molecule has 0 spiro atoms. The number of carbonyl (C=O) groups excluding carboxylic acids is 1. The molecule has 0 saturated carbocycles. The van der Waals surface area contributed by atoms with E-state index < -0.39 is 11.6 Å². The number of carbonyl (C=O) groups is 1. The summed E-state index contributed by atoms with van der Waals surface area (Å²) >= 11 is 0. The Morgan fingerprint density at radius 3 is 2.45 bits per heavy atom. The van der Waals surface area contributed by atoms with Crippen molar-refractivity contribution in [3.63, 3.8) is 0 Å². The molecule has 22 heavy (non-hydrogen) atoms. The molecule has 0 aliphatic carbocycles. The number of amides is 1. The largest absolute Gasteiger partial charge is 0.508 e. The van der Waals surface area contributed by atoms with Crippen LogP contribution in [0.3, 0.4) is 0 Å². The summed E-state index contributed by atoms with van der Waals surface area (Å²) in [6, 6.07) is 9.95. The van der Waals surface area contributed by atoms with E-state index in [1.54, 1.807) is 31.3 Å². The fourth-order valence-electron chi connectivity index (χ4n) is 2.12. The van der Waals surface area contributed by atoms with E-state index in [1.165, 1.54) is 17.0 Å². The zero-order valence-electron chi connectivity index (χ0n) is 12.2. The Labute approximate surface area is 127 Å². The Hall–Kier alpha value is -2.43. The van der Waals surface area contributed by atoms with Crippen molar-refractivity contribution in [3.05, 3.63) is 65.2 Å². The molecule has 1 N–H and O–H groups in total. The van der Waals surface area contributed by atoms with E-state index in [0.29, 0.717) is 12.1 Å². The summed E-state index contributed by atoms with van der Waals surface area (Å²) in [4.78, 5) is 13.6. The number of aromatic hydroxyl groups is 1. The number of rotatable bonds is 5. The normalized spacial score (nSPS) is 10.5. The lowest BCUT2D eigenvalue weighted by atomic mass is 10.1. The SMILES string of the molecule is CN(Cc1ccc(O)cc1)C(=O)CCc1ccc(F)cc1F. The Kier molecular flexibility index (Phi) is 5.09. The number of aryl methyl sites for hydroxylation is 1. The van der Waals surface area contributed by atoms with Gasteiger partial charge in [-0.25, -0.2) is 8.78 Å². The first-order valence-electron chi connectivity index (χ1n) is 6.91. The summed E-state index contributed by atoms with van der Waals surface area (Å²) in [5.74, 6) is -1.22. The smallest absolute Gasteiger partial charge is 0.222 e. The maximum Gasteiger partial charge on any atom is 0.222 e. The molecular formula is C17H17F2NO2. The van der Waals surface area contributed by atoms with Gasteiger partial charge in [0.1, 0.15) is 17.4 Å². The van der Waals surface area contributed by atoms with Gasteiger partial charge in [-0.3, -0.25) is 4.79 Å². The minimum Gasteiger partial charge on any atom is -0.508 e. The minimum atomic E-state index is -0.631. The second-order valence-electron chi connectivity index (χ2n) is 5.15. The maximum atomic E-state index is 13.5. The molecule has 2 aromatic rings. The third-order valence-corrected chi connectivity index (χ3v) is 3.41. The van der Waals surface area contributed by atoms with Crippen molar-refractivity contribution >= 4 is 5.91 Å². The summed E-state index contributed by atoms with van der Waals surface area (Å²) < 4.78 is 26.3. The van der Waals surface area contributed by atoms with Gasteiger partial charge in [-0.1, -0.05) is 18.2 Å². The van der Waals surface area contributed by atoms with E-state index in [4.69, 9.17) is 0 Å². The van der Waals surface area contributed by atoms with Crippen molar-refractivity contribution < 1.29 is 18.7 Å². The van der Waals surface area contributed by atoms with Crippen molar-refractivity contribution in [3.8, 4) is 5.75 Å². The van der Waals surface area contributed by atoms with Crippen molar-refractivity contribution in [2.75, 3.05) is 7.05 Å². The highest BCUT2D eigenvalue weighted by Crippen LogP contribution is 2.14. The third-order valence-electron chi connectivity index (χ3n) is 3.41. The molecule has 2 rings (SSSR count). The van der Waals surface area contributed by atoms with Gasteiger partial charge in [0.2, 0.25) is 5.91 Å². The second kappa shape index (κ2) is 7.02. The number of benzene rings is 2. The molecule has 0 unspecified atom stereocenters. The Bertz CT molecular complexity index is 656. The van der Waals surface area contributed by atoms with Crippen molar-refractivity contribution in [1.82, 2.24) is 4.90 Å². The molecule has 1 amide bonds. The van der Waals surface area contributed by atoms with E-state index >= 15 is 0 Å². The molecule has 116 valence electrons. The minimum absolute atomic E-state index is 0.128. The highest BCUT2D eigenvalue weighted by atomic mass is 19.1. The van der Waals surface area contributed by atoms with Gasteiger partial charge in [0, 0.05) is 26.1 Å². The lowest BCUT2D eigenvalue weighted by molar-refractivity contribution is -0.130. The van der Waals surface area contributed by atoms with Gasteiger partial charge in [0.15, 0.2) is 0 Å². The average molecular weight is 305 g/mol. The predicted octanol–water partition coefficient (Wildman–Crippen LogP) is 3.26. The van der Waals surface area contributed by atoms with Gasteiger partial charge in [-0.15, -0.1) is 0 Å². The zero-order chi connectivity index (χ0) is 16.1. The molecule has 0 aliphatic rings. The molecule has 0 atom stereocenters. The first-order chi connectivity index (χ1) is 10.5. The number of phenols is 1. The van der Waals surface area contributed by atoms with E-state index in [1.807, 2.05) is 0 Å². The van der Waals surface area contributed by atoms with Crippen molar-refractivity contribution in [2.45, 2.75) is 19.4 Å². The highest BCUT2D eigenvalue weighted by Gasteiger charge is 2.11. The summed E-state index contributed by atoms with van der Waals surface area (Å²) in [6.45, 7) is 0.408. The van der Waals surface area contributed by atoms with Gasteiger partial charge >= 0.3 is 0 Å². The monoisotopic (exact) mass is 305 g/mol. The van der Waals surface area contributed by atoms with Crippen LogP contribution in [0.15, 0.2) is 42.5 Å². The Balaban J connectivity index is 1.89. The van der Waals surface area contributed by atoms with Crippen molar-refractivity contribution in [1.29, 1.82) is 0 Å². The van der Waals surface area contributed by atoms with E-state index in [0.717, 1.165) is 11.6 Å². The number of phenolic OH excluding ortho intramolecular Hbond substituents is 1. The van der Waals surface area contributed by atoms with Gasteiger partial charge in [0.05, 0.1) is 0 Å². The molecule has 2 aromatic carbocycles. The number of hydrogen-bond donors (Lipinski definition) is 1. The molecular weight excluding hydrogens is 288 g/mol. The van der Waals surface area contributed by atoms with Gasteiger partial charge in [-0.05, 0) is 35.7 Å². The van der Waals surface area contributed by atoms with Crippen LogP contribution < -0.4 is 0 Å². The number of halogens is 2. The number of hydrogen-bond acceptors (Lipinski definition) is 2. The second-order valence-corrected chi connectivity index (χ2v) is 5.15. The van der Waals surface area contributed by atoms with Gasteiger partial charge < -0.3 is 10.0 Å². The average Bonchev–Trinajstić information content (AvgIpc) is 2.48.